The minimum absolute atomic E-state index is 0.276. The van der Waals surface area contributed by atoms with E-state index in [-0.39, 0.29) is 31.9 Å². The van der Waals surface area contributed by atoms with Gasteiger partial charge in [-0.1, -0.05) is 58.4 Å². The van der Waals surface area contributed by atoms with Crippen molar-refractivity contribution in [3.05, 3.63) is 137 Å². The average Bonchev–Trinajstić information content (AvgIpc) is 1.43. The van der Waals surface area contributed by atoms with Crippen molar-refractivity contribution in [3.8, 4) is 11.5 Å². The summed E-state index contributed by atoms with van der Waals surface area (Å²) in [5.41, 5.74) is -0.806. The van der Waals surface area contributed by atoms with Gasteiger partial charge in [0, 0.05) is 146 Å². The molecule has 4 aromatic carbocycles. The van der Waals surface area contributed by atoms with Gasteiger partial charge in [0.05, 0.1) is 36.8 Å². The Morgan fingerprint density at radius 1 is 0.477 bits per heavy atom. The van der Waals surface area contributed by atoms with Gasteiger partial charge in [0.15, 0.2) is 0 Å². The topological polar surface area (TPSA) is 257 Å². The number of benzene rings is 4. The van der Waals surface area contributed by atoms with Crippen LogP contribution in [-0.2, 0) is 59.0 Å². The molecule has 0 amide bonds. The Hall–Kier alpha value is -4.48. The molecule has 8 aliphatic heterocycles. The highest BCUT2D eigenvalue weighted by molar-refractivity contribution is 9.10. The standard InChI is InChI=1S/C19H22N2O4S.C16H19N3O3S.C13H16BrFN2O3S.C11H16N2O3S2/c22-26(23,21-13-10-19(11-14-21)20-12-15-24-19)18-8-6-17(7-9-18)25-16-4-2-1-3-5-16;20-23(21,14-5-1-3-13-4-2-8-17-15(13)14)19-10-6-16(7-11-19)18-9-12-22-16;14-10-1-2-12(11(15)9-10)21(18,19)17-6-3-13(4-7-17)16-5-8-20-13;14-18(15,10-2-1-9-17-10)13-6-3-11(4-7-13)12-5-8-16-11/h1-9,20H,10-15H2;1-5,8,18H,6-7,9-12H2;1-2,9,16H,3-8H2;1-2,9,12H,3-8H2. The van der Waals surface area contributed by atoms with Crippen LogP contribution in [0, 0.1) is 5.82 Å². The molecule has 4 spiro atoms. The van der Waals surface area contributed by atoms with Crippen molar-refractivity contribution >= 4 is 78.3 Å². The van der Waals surface area contributed by atoms with Crippen molar-refractivity contribution in [2.24, 2.45) is 0 Å². The second kappa shape index (κ2) is 27.4. The molecule has 88 heavy (non-hydrogen) atoms. The van der Waals surface area contributed by atoms with Crippen LogP contribution in [0.4, 0.5) is 4.39 Å². The Bertz CT molecular complexity index is 3780. The minimum Gasteiger partial charge on any atom is -0.457 e. The van der Waals surface area contributed by atoms with Crippen molar-refractivity contribution < 1.29 is 61.7 Å². The van der Waals surface area contributed by atoms with Gasteiger partial charge in [0.2, 0.25) is 30.1 Å². The first-order valence-electron chi connectivity index (χ1n) is 29.5. The molecule has 0 radical (unpaired) electrons. The number of hydrogen-bond donors (Lipinski definition) is 4. The van der Waals surface area contributed by atoms with E-state index in [9.17, 15) is 38.1 Å². The molecule has 14 rings (SSSR count). The molecule has 0 bridgehead atoms. The number of ether oxygens (including phenoxy) is 5. The number of pyridine rings is 1. The van der Waals surface area contributed by atoms with Gasteiger partial charge < -0.3 is 23.7 Å². The first-order valence-corrected chi connectivity index (χ1v) is 36.9. The Balaban J connectivity index is 0.000000122. The number of halogens is 2. The number of hydrogen-bond acceptors (Lipinski definition) is 19. The van der Waals surface area contributed by atoms with E-state index in [0.29, 0.717) is 136 Å². The summed E-state index contributed by atoms with van der Waals surface area (Å²) in [6.07, 6.45) is 6.89. The van der Waals surface area contributed by atoms with Gasteiger partial charge in [0.25, 0.3) is 10.0 Å². The molecule has 0 unspecified atom stereocenters. The van der Waals surface area contributed by atoms with Crippen LogP contribution >= 0.6 is 27.3 Å². The lowest BCUT2D eigenvalue weighted by molar-refractivity contribution is -0.0449. The number of piperidine rings is 4. The zero-order valence-corrected chi connectivity index (χ0v) is 54.1. The zero-order valence-electron chi connectivity index (χ0n) is 48.4. The van der Waals surface area contributed by atoms with Gasteiger partial charge in [-0.25, -0.2) is 38.1 Å². The summed E-state index contributed by atoms with van der Waals surface area (Å²) in [6, 6.07) is 32.4. The van der Waals surface area contributed by atoms with E-state index in [1.54, 1.807) is 68.7 Å². The van der Waals surface area contributed by atoms with Crippen molar-refractivity contribution in [3.63, 3.8) is 0 Å². The van der Waals surface area contributed by atoms with Crippen molar-refractivity contribution in [1.82, 2.24) is 43.5 Å². The van der Waals surface area contributed by atoms with Crippen LogP contribution in [0.3, 0.4) is 0 Å². The monoisotopic (exact) mass is 1370 g/mol. The van der Waals surface area contributed by atoms with Gasteiger partial charge in [0.1, 0.15) is 54.2 Å². The number of nitrogens with zero attached hydrogens (tertiary/aromatic N) is 5. The first-order chi connectivity index (χ1) is 42.2. The number of aromatic nitrogens is 1. The summed E-state index contributed by atoms with van der Waals surface area (Å²) < 4.78 is 151. The van der Waals surface area contributed by atoms with E-state index in [1.807, 2.05) is 48.5 Å². The molecule has 0 saturated carbocycles. The fourth-order valence-electron chi connectivity index (χ4n) is 12.2. The third kappa shape index (κ3) is 14.6. The predicted molar refractivity (Wildman–Crippen MR) is 332 cm³/mol. The fourth-order valence-corrected chi connectivity index (χ4v) is 19.6. The highest BCUT2D eigenvalue weighted by atomic mass is 79.9. The lowest BCUT2D eigenvalue weighted by atomic mass is 10.0. The van der Waals surface area contributed by atoms with E-state index in [0.717, 1.165) is 51.0 Å². The molecule has 2 aromatic heterocycles. The average molecular weight is 1380 g/mol. The molecule has 29 heteroatoms. The van der Waals surface area contributed by atoms with Crippen molar-refractivity contribution in [2.45, 2.75) is 93.2 Å². The summed E-state index contributed by atoms with van der Waals surface area (Å²) in [6.45, 7) is 9.57. The zero-order chi connectivity index (χ0) is 61.7. The van der Waals surface area contributed by atoms with Gasteiger partial charge in [-0.2, -0.15) is 17.2 Å². The largest absolute Gasteiger partial charge is 0.457 e. The molecule has 6 aromatic rings. The molecular weight excluding hydrogens is 1300 g/mol. The summed E-state index contributed by atoms with van der Waals surface area (Å²) in [5.74, 6) is 0.588. The summed E-state index contributed by atoms with van der Waals surface area (Å²) in [7, 11) is -14.1. The molecule has 8 fully saturated rings. The van der Waals surface area contributed by atoms with Gasteiger partial charge in [-0.3, -0.25) is 26.3 Å². The van der Waals surface area contributed by atoms with Gasteiger partial charge >= 0.3 is 0 Å². The highest BCUT2D eigenvalue weighted by Crippen LogP contribution is 2.36. The number of para-hydroxylation sites is 2. The maximum atomic E-state index is 13.9. The lowest BCUT2D eigenvalue weighted by Gasteiger charge is -2.37. The van der Waals surface area contributed by atoms with Gasteiger partial charge in [-0.15, -0.1) is 11.3 Å². The second-order valence-electron chi connectivity index (χ2n) is 22.4. The predicted octanol–water partition coefficient (Wildman–Crippen LogP) is 6.45. The Morgan fingerprint density at radius 3 is 1.36 bits per heavy atom. The minimum atomic E-state index is -3.80. The molecule has 8 aliphatic rings. The lowest BCUT2D eigenvalue weighted by Crippen LogP contribution is -2.52. The van der Waals surface area contributed by atoms with E-state index in [4.69, 9.17) is 23.7 Å². The maximum absolute atomic E-state index is 13.9. The smallest absolute Gasteiger partial charge is 0.252 e. The molecule has 0 aliphatic carbocycles. The Morgan fingerprint density at radius 2 is 0.920 bits per heavy atom. The fraction of sp³-hybridized carbons (Fsp3) is 0.475. The summed E-state index contributed by atoms with van der Waals surface area (Å²) >= 11 is 4.40. The molecule has 8 saturated heterocycles. The Kier molecular flexibility index (Phi) is 20.2. The van der Waals surface area contributed by atoms with Gasteiger partial charge in [-0.05, 0) is 78.2 Å². The van der Waals surface area contributed by atoms with Crippen LogP contribution in [0.15, 0.2) is 150 Å². The first kappa shape index (κ1) is 65.0. The summed E-state index contributed by atoms with van der Waals surface area (Å²) in [5, 5.41) is 16.0. The molecule has 4 N–H and O–H groups in total. The van der Waals surface area contributed by atoms with E-state index < -0.39 is 51.6 Å². The normalized spacial score (nSPS) is 22.2. The molecule has 0 atom stereocenters. The van der Waals surface area contributed by atoms with Crippen LogP contribution in [0.25, 0.3) is 10.9 Å². The third-order valence-corrected chi connectivity index (χ3v) is 26.6. The molecule has 22 nitrogen and oxygen atoms in total. The van der Waals surface area contributed by atoms with Crippen molar-refractivity contribution in [2.75, 3.05) is 105 Å². The van der Waals surface area contributed by atoms with Crippen LogP contribution < -0.4 is 26.0 Å². The third-order valence-electron chi connectivity index (χ3n) is 17.1. The number of sulfonamides is 4. The number of nitrogens with one attached hydrogen (secondary N) is 4. The highest BCUT2D eigenvalue weighted by Gasteiger charge is 2.45. The van der Waals surface area contributed by atoms with E-state index in [1.165, 1.54) is 38.1 Å². The molecule has 10 heterocycles. The quantitative estimate of drug-likeness (QED) is 0.115. The maximum Gasteiger partial charge on any atom is 0.252 e. The van der Waals surface area contributed by atoms with E-state index >= 15 is 0 Å². The van der Waals surface area contributed by atoms with Crippen LogP contribution in [0.5, 0.6) is 11.5 Å². The SMILES string of the molecule is O=S(=O)(c1ccc(Br)cc1F)N1CCC2(CC1)NCCO2.O=S(=O)(c1ccc(Oc2ccccc2)cc1)N1CCC2(CC1)NCCO2.O=S(=O)(c1cccc2cccnc12)N1CCC2(CC1)NCCO2.O=S(=O)(c1cccs1)N1CCC2(CC1)NCCO2. The molecular formula is C59H73BrFN9O13S5. The Labute approximate surface area is 526 Å². The van der Waals surface area contributed by atoms with Crippen LogP contribution in [0.1, 0.15) is 51.4 Å². The number of fused-ring (bicyclic) bond motifs is 1. The van der Waals surface area contributed by atoms with E-state index in [2.05, 4.69) is 42.2 Å². The number of rotatable bonds is 10. The second-order valence-corrected chi connectivity index (χ2v) is 32.2. The van der Waals surface area contributed by atoms with Crippen LogP contribution in [0.2, 0.25) is 0 Å². The summed E-state index contributed by atoms with van der Waals surface area (Å²) in [4.78, 5) is 4.56. The number of thiophene rings is 1. The van der Waals surface area contributed by atoms with Crippen LogP contribution in [-0.4, -0.2) is 184 Å². The molecule has 476 valence electrons. The van der Waals surface area contributed by atoms with Crippen molar-refractivity contribution in [1.29, 1.82) is 0 Å².